The largest absolute Gasteiger partial charge is 0.342 e. The zero-order chi connectivity index (χ0) is 16.1. The van der Waals surface area contributed by atoms with E-state index in [-0.39, 0.29) is 29.7 Å². The van der Waals surface area contributed by atoms with Gasteiger partial charge in [0.2, 0.25) is 11.8 Å². The summed E-state index contributed by atoms with van der Waals surface area (Å²) < 4.78 is 23.0. The van der Waals surface area contributed by atoms with Crippen molar-refractivity contribution < 1.29 is 18.0 Å². The summed E-state index contributed by atoms with van der Waals surface area (Å²) >= 11 is 0. The number of rotatable bonds is 7. The predicted octanol–water partition coefficient (Wildman–Crippen LogP) is 0.719. The topological polar surface area (TPSA) is 83.6 Å². The molecule has 0 aromatic heterocycles. The van der Waals surface area contributed by atoms with Crippen molar-refractivity contribution in [3.8, 4) is 0 Å². The number of nitrogens with one attached hydrogen (secondary N) is 1. The van der Waals surface area contributed by atoms with Crippen molar-refractivity contribution in [3.63, 3.8) is 0 Å². The number of hydrogen-bond donors (Lipinski definition) is 1. The van der Waals surface area contributed by atoms with Crippen LogP contribution < -0.4 is 5.32 Å². The highest BCUT2D eigenvalue weighted by atomic mass is 32.2. The Balaban J connectivity index is 2.77. The SMILES string of the molecule is CCC1(CC)NC(=O)CCN(CCCS(=O)(=O)CC)C1=O. The van der Waals surface area contributed by atoms with Crippen LogP contribution >= 0.6 is 0 Å². The van der Waals surface area contributed by atoms with Gasteiger partial charge in [-0.05, 0) is 19.3 Å². The summed E-state index contributed by atoms with van der Waals surface area (Å²) in [5, 5.41) is 2.84. The van der Waals surface area contributed by atoms with Gasteiger partial charge in [0.1, 0.15) is 15.4 Å². The van der Waals surface area contributed by atoms with Crippen molar-refractivity contribution in [3.05, 3.63) is 0 Å². The fourth-order valence-corrected chi connectivity index (χ4v) is 3.44. The van der Waals surface area contributed by atoms with Crippen LogP contribution in [0.2, 0.25) is 0 Å². The lowest BCUT2D eigenvalue weighted by molar-refractivity contribution is -0.139. The van der Waals surface area contributed by atoms with Crippen LogP contribution in [0.15, 0.2) is 0 Å². The quantitative estimate of drug-likeness (QED) is 0.749. The van der Waals surface area contributed by atoms with Crippen LogP contribution in [0, 0.1) is 0 Å². The number of carbonyl (C=O) groups excluding carboxylic acids is 2. The van der Waals surface area contributed by atoms with Gasteiger partial charge in [-0.15, -0.1) is 0 Å². The van der Waals surface area contributed by atoms with Gasteiger partial charge in [-0.2, -0.15) is 0 Å². The minimum absolute atomic E-state index is 0.0832. The Morgan fingerprint density at radius 3 is 2.33 bits per heavy atom. The smallest absolute Gasteiger partial charge is 0.248 e. The van der Waals surface area contributed by atoms with Crippen molar-refractivity contribution in [1.82, 2.24) is 10.2 Å². The standard InChI is InChI=1S/C14H26N2O4S/c1-4-14(5-2)13(18)16(10-8-12(17)15-14)9-7-11-21(19,20)6-3/h4-11H2,1-3H3,(H,15,17). The molecule has 1 rings (SSSR count). The summed E-state index contributed by atoms with van der Waals surface area (Å²) in [6.45, 7) is 6.13. The number of amides is 2. The lowest BCUT2D eigenvalue weighted by Crippen LogP contribution is -2.56. The van der Waals surface area contributed by atoms with Crippen LogP contribution in [0.3, 0.4) is 0 Å². The molecule has 1 heterocycles. The van der Waals surface area contributed by atoms with Crippen molar-refractivity contribution in [2.45, 2.75) is 52.0 Å². The van der Waals surface area contributed by atoms with Crippen LogP contribution in [-0.4, -0.2) is 55.3 Å². The van der Waals surface area contributed by atoms with E-state index in [0.717, 1.165) is 0 Å². The Morgan fingerprint density at radius 2 is 1.81 bits per heavy atom. The summed E-state index contributed by atoms with van der Waals surface area (Å²) in [5.41, 5.74) is -0.836. The fraction of sp³-hybridized carbons (Fsp3) is 0.857. The first-order valence-corrected chi connectivity index (χ1v) is 9.43. The van der Waals surface area contributed by atoms with E-state index in [1.54, 1.807) is 11.8 Å². The third kappa shape index (κ3) is 4.43. The summed E-state index contributed by atoms with van der Waals surface area (Å²) in [6.07, 6.45) is 1.77. The molecule has 0 unspecified atom stereocenters. The molecule has 0 radical (unpaired) electrons. The Labute approximate surface area is 127 Å². The molecule has 1 N–H and O–H groups in total. The molecule has 0 aromatic rings. The molecule has 0 bridgehead atoms. The lowest BCUT2D eigenvalue weighted by Gasteiger charge is -2.33. The summed E-state index contributed by atoms with van der Waals surface area (Å²) in [4.78, 5) is 26.1. The molecule has 1 aliphatic rings. The van der Waals surface area contributed by atoms with Gasteiger partial charge in [0, 0.05) is 25.3 Å². The highest BCUT2D eigenvalue weighted by Gasteiger charge is 2.41. The van der Waals surface area contributed by atoms with E-state index in [1.165, 1.54) is 0 Å². The second kappa shape index (κ2) is 7.24. The third-order valence-corrected chi connectivity index (χ3v) is 6.00. The van der Waals surface area contributed by atoms with Crippen LogP contribution in [0.5, 0.6) is 0 Å². The Morgan fingerprint density at radius 1 is 1.19 bits per heavy atom. The summed E-state index contributed by atoms with van der Waals surface area (Å²) in [5.74, 6) is -0.00245. The second-order valence-corrected chi connectivity index (χ2v) is 7.94. The average Bonchev–Trinajstić information content (AvgIpc) is 2.58. The minimum atomic E-state index is -3.02. The lowest BCUT2D eigenvalue weighted by atomic mass is 9.91. The van der Waals surface area contributed by atoms with Gasteiger partial charge in [-0.1, -0.05) is 20.8 Å². The molecule has 21 heavy (non-hydrogen) atoms. The Hall–Kier alpha value is -1.11. The zero-order valence-corrected chi connectivity index (χ0v) is 14.0. The van der Waals surface area contributed by atoms with Gasteiger partial charge in [-0.25, -0.2) is 8.42 Å². The van der Waals surface area contributed by atoms with Crippen molar-refractivity contribution >= 4 is 21.7 Å². The molecule has 1 aliphatic heterocycles. The van der Waals surface area contributed by atoms with Crippen LogP contribution in [0.1, 0.15) is 46.5 Å². The molecule has 0 atom stereocenters. The van der Waals surface area contributed by atoms with E-state index in [2.05, 4.69) is 5.32 Å². The van der Waals surface area contributed by atoms with Gasteiger partial charge >= 0.3 is 0 Å². The van der Waals surface area contributed by atoms with Crippen LogP contribution in [0.4, 0.5) is 0 Å². The van der Waals surface area contributed by atoms with Crippen LogP contribution in [-0.2, 0) is 19.4 Å². The Bertz CT molecular complexity index is 483. The van der Waals surface area contributed by atoms with Gasteiger partial charge in [-0.3, -0.25) is 9.59 Å². The highest BCUT2D eigenvalue weighted by molar-refractivity contribution is 7.91. The second-order valence-electron chi connectivity index (χ2n) is 5.47. The zero-order valence-electron chi connectivity index (χ0n) is 13.1. The molecule has 122 valence electrons. The first kappa shape index (κ1) is 17.9. The molecule has 2 amide bonds. The van der Waals surface area contributed by atoms with E-state index < -0.39 is 15.4 Å². The molecule has 0 aromatic carbocycles. The predicted molar refractivity (Wildman–Crippen MR) is 81.6 cm³/mol. The number of nitrogens with zero attached hydrogens (tertiary/aromatic N) is 1. The molecule has 0 saturated carbocycles. The summed E-state index contributed by atoms with van der Waals surface area (Å²) in [6, 6.07) is 0. The van der Waals surface area contributed by atoms with E-state index in [1.807, 2.05) is 13.8 Å². The molecular weight excluding hydrogens is 292 g/mol. The summed E-state index contributed by atoms with van der Waals surface area (Å²) in [7, 11) is -3.02. The first-order valence-electron chi connectivity index (χ1n) is 7.61. The van der Waals surface area contributed by atoms with Crippen molar-refractivity contribution in [2.75, 3.05) is 24.6 Å². The maximum Gasteiger partial charge on any atom is 0.248 e. The normalized spacial score (nSPS) is 19.3. The molecule has 1 fully saturated rings. The van der Waals surface area contributed by atoms with E-state index in [0.29, 0.717) is 32.4 Å². The third-order valence-electron chi connectivity index (χ3n) is 4.21. The molecule has 0 spiro atoms. The minimum Gasteiger partial charge on any atom is -0.342 e. The Kier molecular flexibility index (Phi) is 6.19. The monoisotopic (exact) mass is 318 g/mol. The number of carbonyl (C=O) groups is 2. The first-order chi connectivity index (χ1) is 9.80. The number of hydrogen-bond acceptors (Lipinski definition) is 4. The van der Waals surface area contributed by atoms with Crippen molar-refractivity contribution in [2.24, 2.45) is 0 Å². The molecular formula is C14H26N2O4S. The van der Waals surface area contributed by atoms with Crippen molar-refractivity contribution in [1.29, 1.82) is 0 Å². The molecule has 7 heteroatoms. The van der Waals surface area contributed by atoms with E-state index in [4.69, 9.17) is 0 Å². The maximum absolute atomic E-state index is 12.7. The van der Waals surface area contributed by atoms with Gasteiger partial charge in [0.05, 0.1) is 5.75 Å². The molecule has 6 nitrogen and oxygen atoms in total. The molecule has 0 aliphatic carbocycles. The average molecular weight is 318 g/mol. The fourth-order valence-electron chi connectivity index (χ4n) is 2.59. The van der Waals surface area contributed by atoms with Gasteiger partial charge in [0.25, 0.3) is 0 Å². The van der Waals surface area contributed by atoms with Gasteiger partial charge in [0.15, 0.2) is 0 Å². The van der Waals surface area contributed by atoms with Crippen LogP contribution in [0.25, 0.3) is 0 Å². The van der Waals surface area contributed by atoms with E-state index in [9.17, 15) is 18.0 Å². The van der Waals surface area contributed by atoms with E-state index >= 15 is 0 Å². The molecule has 1 saturated heterocycles. The maximum atomic E-state index is 12.7. The highest BCUT2D eigenvalue weighted by Crippen LogP contribution is 2.22. The van der Waals surface area contributed by atoms with Gasteiger partial charge < -0.3 is 10.2 Å². The number of sulfone groups is 1.